The Morgan fingerprint density at radius 3 is 1.44 bits per heavy atom. The van der Waals surface area contributed by atoms with Gasteiger partial charge in [0.25, 0.3) is 0 Å². The van der Waals surface area contributed by atoms with Crippen LogP contribution in [0.25, 0.3) is 55.3 Å². The molecule has 77 heavy (non-hydrogen) atoms. The summed E-state index contributed by atoms with van der Waals surface area (Å²) < 4.78 is 0. The smallest absolute Gasteiger partial charge is 0.333 e. The van der Waals surface area contributed by atoms with Crippen molar-refractivity contribution in [3.63, 3.8) is 0 Å². The van der Waals surface area contributed by atoms with Crippen LogP contribution in [-0.2, 0) is 10.8 Å². The fourth-order valence-corrected chi connectivity index (χ4v) is 12.0. The van der Waals surface area contributed by atoms with Crippen LogP contribution in [0.2, 0.25) is 0 Å². The lowest BCUT2D eigenvalue weighted by molar-refractivity contribution is 0.590. The molecular weight excluding hydrogens is 930 g/mol. The Morgan fingerprint density at radius 1 is 0.377 bits per heavy atom. The van der Waals surface area contributed by atoms with Gasteiger partial charge in [-0.3, -0.25) is 0 Å². The van der Waals surface area contributed by atoms with Gasteiger partial charge in [-0.15, -0.1) is 0 Å². The first-order valence-electron chi connectivity index (χ1n) is 27.2. The zero-order chi connectivity index (χ0) is 52.6. The highest BCUT2D eigenvalue weighted by atomic mass is 15.2. The third-order valence-corrected chi connectivity index (χ3v) is 16.1. The van der Waals surface area contributed by atoms with Crippen molar-refractivity contribution < 1.29 is 0 Å². The zero-order valence-corrected chi connectivity index (χ0v) is 45.1. The maximum Gasteiger partial charge on any atom is 0.333 e. The summed E-state index contributed by atoms with van der Waals surface area (Å²) in [5, 5.41) is 2.46. The summed E-state index contributed by atoms with van der Waals surface area (Å²) in [5.74, 6) is 0. The van der Waals surface area contributed by atoms with Crippen molar-refractivity contribution in [2.75, 3.05) is 14.6 Å². The minimum Gasteiger partial charge on any atom is -0.376 e. The Morgan fingerprint density at radius 2 is 0.870 bits per heavy atom. The van der Waals surface area contributed by atoms with E-state index in [0.29, 0.717) is 0 Å². The Bertz CT molecular complexity index is 3930. The van der Waals surface area contributed by atoms with Gasteiger partial charge in [-0.25, -0.2) is 0 Å². The number of hydrogen-bond acceptors (Lipinski definition) is 3. The van der Waals surface area contributed by atoms with Crippen molar-refractivity contribution in [1.82, 2.24) is 0 Å². The van der Waals surface area contributed by atoms with E-state index in [1.165, 1.54) is 94.3 Å². The number of rotatable bonds is 8. The number of anilines is 8. The molecule has 0 saturated heterocycles. The van der Waals surface area contributed by atoms with Gasteiger partial charge >= 0.3 is 6.85 Å². The topological polar surface area (TPSA) is 9.72 Å². The van der Waals surface area contributed by atoms with E-state index in [-0.39, 0.29) is 17.7 Å². The molecule has 372 valence electrons. The van der Waals surface area contributed by atoms with Crippen LogP contribution in [-0.4, -0.2) is 6.85 Å². The summed E-state index contributed by atoms with van der Waals surface area (Å²) in [6, 6.07) is 93.0. The van der Waals surface area contributed by atoms with E-state index in [9.17, 15) is 0 Å². The van der Waals surface area contributed by atoms with Gasteiger partial charge < -0.3 is 14.6 Å². The third kappa shape index (κ3) is 8.50. The van der Waals surface area contributed by atoms with E-state index >= 15 is 0 Å². The molecule has 0 aromatic heterocycles. The van der Waals surface area contributed by atoms with Crippen LogP contribution in [0.3, 0.4) is 0 Å². The molecule has 0 radical (unpaired) electrons. The molecule has 0 amide bonds. The second kappa shape index (κ2) is 18.8. The van der Waals surface area contributed by atoms with E-state index in [4.69, 9.17) is 0 Å². The average molecular weight is 992 g/mol. The first-order chi connectivity index (χ1) is 37.4. The highest BCUT2D eigenvalue weighted by Crippen LogP contribution is 2.52. The first kappa shape index (κ1) is 47.8. The molecule has 11 aromatic carbocycles. The molecule has 11 aromatic rings. The van der Waals surface area contributed by atoms with Crippen molar-refractivity contribution in [1.29, 1.82) is 0 Å². The second-order valence-corrected chi connectivity index (χ2v) is 23.1. The summed E-state index contributed by atoms with van der Waals surface area (Å²) in [4.78, 5) is 7.69. The van der Waals surface area contributed by atoms with Gasteiger partial charge in [0.05, 0.1) is 0 Å². The fourth-order valence-electron chi connectivity index (χ4n) is 12.0. The summed E-state index contributed by atoms with van der Waals surface area (Å²) in [6.45, 7) is 15.8. The normalized spacial score (nSPS) is 12.8. The van der Waals surface area contributed by atoms with Crippen molar-refractivity contribution in [3.05, 3.63) is 265 Å². The quantitative estimate of drug-likeness (QED) is 0.141. The van der Waals surface area contributed by atoms with Gasteiger partial charge in [-0.05, 0) is 168 Å². The lowest BCUT2D eigenvalue weighted by Gasteiger charge is -2.46. The summed E-state index contributed by atoms with van der Waals surface area (Å²) >= 11 is 0. The van der Waals surface area contributed by atoms with Crippen LogP contribution in [0.4, 0.5) is 45.5 Å². The average Bonchev–Trinajstić information content (AvgIpc) is 3.65. The van der Waals surface area contributed by atoms with Crippen molar-refractivity contribution in [2.24, 2.45) is 0 Å². The Kier molecular flexibility index (Phi) is 11.7. The van der Waals surface area contributed by atoms with Crippen LogP contribution in [0.1, 0.15) is 58.2 Å². The monoisotopic (exact) mass is 992 g/mol. The van der Waals surface area contributed by atoms with E-state index in [0.717, 1.165) is 34.1 Å². The highest BCUT2D eigenvalue weighted by Gasteiger charge is 2.46. The predicted octanol–water partition coefficient (Wildman–Crippen LogP) is 18.9. The van der Waals surface area contributed by atoms with E-state index in [1.807, 2.05) is 0 Å². The lowest BCUT2D eigenvalue weighted by Crippen LogP contribution is -2.61. The van der Waals surface area contributed by atoms with Crippen molar-refractivity contribution >= 4 is 74.0 Å². The molecule has 0 unspecified atom stereocenters. The maximum atomic E-state index is 2.65. The number of hydrogen-bond donors (Lipinski definition) is 0. The highest BCUT2D eigenvalue weighted by molar-refractivity contribution is 6.94. The van der Waals surface area contributed by atoms with E-state index in [1.54, 1.807) is 0 Å². The molecular formula is C73H62BN3. The molecule has 0 spiro atoms. The van der Waals surface area contributed by atoms with Gasteiger partial charge in [0.2, 0.25) is 0 Å². The van der Waals surface area contributed by atoms with Crippen LogP contribution in [0.5, 0.6) is 0 Å². The van der Waals surface area contributed by atoms with Crippen LogP contribution >= 0.6 is 0 Å². The van der Waals surface area contributed by atoms with Gasteiger partial charge in [0, 0.05) is 51.1 Å². The van der Waals surface area contributed by atoms with E-state index in [2.05, 4.69) is 312 Å². The molecule has 3 nitrogen and oxygen atoms in total. The molecule has 0 saturated carbocycles. The predicted molar refractivity (Wildman–Crippen MR) is 331 cm³/mol. The number of aryl methyl sites for hydroxylation is 1. The summed E-state index contributed by atoms with van der Waals surface area (Å²) in [7, 11) is 0. The van der Waals surface area contributed by atoms with Crippen LogP contribution in [0.15, 0.2) is 249 Å². The molecule has 4 heteroatoms. The Balaban J connectivity index is 1.10. The molecule has 2 heterocycles. The van der Waals surface area contributed by atoms with Crippen molar-refractivity contribution in [3.8, 4) is 44.5 Å². The van der Waals surface area contributed by atoms with Crippen molar-refractivity contribution in [2.45, 2.75) is 59.3 Å². The lowest BCUT2D eigenvalue weighted by atomic mass is 9.43. The molecule has 2 aliphatic rings. The summed E-state index contributed by atoms with van der Waals surface area (Å²) in [6.07, 6.45) is 0. The maximum absolute atomic E-state index is 2.65. The SMILES string of the molecule is Cc1cc(-c2ccccc2)ccc1N1c2cc(N(c3ccc(C(C)(C)C)cc3)c3ccc(C(C)(C)C)cc3)ccc2B2c3c1cc1ccccc1c3-c1ccc(-c3ccccc3)cc1N2c1ccc(-c2ccccc2)cc1. The Labute approximate surface area is 455 Å². The molecule has 13 rings (SSSR count). The molecule has 0 N–H and O–H groups in total. The molecule has 0 bridgehead atoms. The second-order valence-electron chi connectivity index (χ2n) is 23.1. The first-order valence-corrected chi connectivity index (χ1v) is 27.2. The zero-order valence-electron chi connectivity index (χ0n) is 45.1. The largest absolute Gasteiger partial charge is 0.376 e. The molecule has 0 atom stereocenters. The minimum atomic E-state index is -0.194. The Hall–Kier alpha value is -8.86. The number of nitrogens with zero attached hydrogens (tertiary/aromatic N) is 3. The number of fused-ring (bicyclic) bond motifs is 6. The van der Waals surface area contributed by atoms with E-state index < -0.39 is 0 Å². The van der Waals surface area contributed by atoms with Crippen LogP contribution < -0.4 is 25.5 Å². The molecule has 2 aliphatic heterocycles. The molecule has 0 fully saturated rings. The van der Waals surface area contributed by atoms with Crippen LogP contribution in [0, 0.1) is 6.92 Å². The standard InChI is InChI=1S/C73H62BN3/c1-49-45-54(51-21-13-9-14-22-51)30-44-66(49)76-68-48-62(75(59-37-31-57(32-38-59)72(2,3)4)60-39-33-58(34-40-60)73(5,6)7)41-43-65(68)74-71-69(76)47-56-25-17-18-26-63(56)70(71)64-42-29-55(52-23-15-10-16-24-52)46-67(64)77(74)61-35-27-53(28-36-61)50-19-11-8-12-20-50/h8-48H,1-7H3. The molecule has 0 aliphatic carbocycles. The summed E-state index contributed by atoms with van der Waals surface area (Å²) in [5.41, 5.74) is 25.2. The third-order valence-electron chi connectivity index (χ3n) is 16.1. The van der Waals surface area contributed by atoms with Gasteiger partial charge in [-0.2, -0.15) is 0 Å². The minimum absolute atomic E-state index is 0.0165. The van der Waals surface area contributed by atoms with Gasteiger partial charge in [0.15, 0.2) is 0 Å². The number of benzene rings is 11. The van der Waals surface area contributed by atoms with Gasteiger partial charge in [-0.1, -0.05) is 217 Å². The van der Waals surface area contributed by atoms with Gasteiger partial charge in [0.1, 0.15) is 0 Å². The fraction of sp³-hybridized carbons (Fsp3) is 0.123.